The van der Waals surface area contributed by atoms with Crippen molar-refractivity contribution in [3.8, 4) is 0 Å². The van der Waals surface area contributed by atoms with Crippen LogP contribution in [0.15, 0.2) is 54.6 Å². The van der Waals surface area contributed by atoms with Gasteiger partial charge in [-0.2, -0.15) is 0 Å². The second-order valence-electron chi connectivity index (χ2n) is 5.27. The van der Waals surface area contributed by atoms with Crippen LogP contribution in [0.25, 0.3) is 0 Å². The fraction of sp³-hybridized carbons (Fsp3) is 0.222. The van der Waals surface area contributed by atoms with Gasteiger partial charge in [0.15, 0.2) is 0 Å². The molecule has 6 nitrogen and oxygen atoms in total. The van der Waals surface area contributed by atoms with Gasteiger partial charge in [-0.15, -0.1) is 0 Å². The van der Waals surface area contributed by atoms with Gasteiger partial charge in [-0.25, -0.2) is 4.79 Å². The molecule has 0 aliphatic carbocycles. The molecule has 3 N–H and O–H groups in total. The van der Waals surface area contributed by atoms with Crippen LogP contribution in [0.2, 0.25) is 0 Å². The largest absolute Gasteiger partial charge is 0.388 e. The second-order valence-corrected chi connectivity index (χ2v) is 5.27. The monoisotopic (exact) mass is 326 g/mol. The average molecular weight is 326 g/mol. The van der Waals surface area contributed by atoms with Gasteiger partial charge >= 0.3 is 6.03 Å². The Labute approximate surface area is 141 Å². The second kappa shape index (κ2) is 8.57. The standard InChI is InChI=1S/C18H22N4O2/c1-19-15-10-8-14(9-11-15)12-20-18(24)21-13-17(23)22(2)16-6-4-3-5-7-16/h3-11,19H,12-13H2,1-2H3,(H2,20,21,24). The van der Waals surface area contributed by atoms with E-state index in [0.29, 0.717) is 6.54 Å². The third kappa shape index (κ3) is 5.01. The Morgan fingerprint density at radius 1 is 0.958 bits per heavy atom. The molecule has 0 spiro atoms. The number of hydrogen-bond acceptors (Lipinski definition) is 3. The molecule has 3 amide bonds. The summed E-state index contributed by atoms with van der Waals surface area (Å²) in [5.74, 6) is -0.185. The Balaban J connectivity index is 1.75. The minimum Gasteiger partial charge on any atom is -0.388 e. The van der Waals surface area contributed by atoms with Crippen molar-refractivity contribution in [2.24, 2.45) is 0 Å². The molecule has 0 fully saturated rings. The fourth-order valence-corrected chi connectivity index (χ4v) is 2.10. The summed E-state index contributed by atoms with van der Waals surface area (Å²) in [6, 6.07) is 16.6. The number of para-hydroxylation sites is 1. The molecule has 6 heteroatoms. The van der Waals surface area contributed by atoms with Crippen LogP contribution in [0, 0.1) is 0 Å². The zero-order valence-electron chi connectivity index (χ0n) is 13.9. The van der Waals surface area contributed by atoms with Crippen molar-refractivity contribution in [2.75, 3.05) is 30.9 Å². The highest BCUT2D eigenvalue weighted by atomic mass is 16.2. The van der Waals surface area contributed by atoms with E-state index in [9.17, 15) is 9.59 Å². The Morgan fingerprint density at radius 2 is 1.62 bits per heavy atom. The number of hydrogen-bond donors (Lipinski definition) is 3. The first-order valence-corrected chi connectivity index (χ1v) is 7.70. The Bertz CT molecular complexity index is 671. The first-order chi connectivity index (χ1) is 11.6. The van der Waals surface area contributed by atoms with E-state index in [-0.39, 0.29) is 18.5 Å². The van der Waals surface area contributed by atoms with Crippen molar-refractivity contribution in [1.82, 2.24) is 10.6 Å². The van der Waals surface area contributed by atoms with Crippen LogP contribution in [0.3, 0.4) is 0 Å². The van der Waals surface area contributed by atoms with Crippen LogP contribution in [0.5, 0.6) is 0 Å². The van der Waals surface area contributed by atoms with Gasteiger partial charge in [0.2, 0.25) is 5.91 Å². The third-order valence-electron chi connectivity index (χ3n) is 3.61. The number of carbonyl (C=O) groups excluding carboxylic acids is 2. The Hall–Kier alpha value is -3.02. The number of urea groups is 1. The maximum Gasteiger partial charge on any atom is 0.315 e. The van der Waals surface area contributed by atoms with Crippen molar-refractivity contribution in [3.63, 3.8) is 0 Å². The number of rotatable bonds is 6. The lowest BCUT2D eigenvalue weighted by atomic mass is 10.2. The zero-order chi connectivity index (χ0) is 17.4. The topological polar surface area (TPSA) is 73.5 Å². The minimum absolute atomic E-state index is 0.0596. The summed E-state index contributed by atoms with van der Waals surface area (Å²) in [5, 5.41) is 8.34. The van der Waals surface area contributed by atoms with E-state index in [1.807, 2.05) is 61.6 Å². The number of benzene rings is 2. The normalized spacial score (nSPS) is 9.92. The minimum atomic E-state index is -0.373. The smallest absolute Gasteiger partial charge is 0.315 e. The summed E-state index contributed by atoms with van der Waals surface area (Å²) >= 11 is 0. The summed E-state index contributed by atoms with van der Waals surface area (Å²) in [6.07, 6.45) is 0. The van der Waals surface area contributed by atoms with Crippen LogP contribution in [0.4, 0.5) is 16.2 Å². The van der Waals surface area contributed by atoms with Gasteiger partial charge in [-0.3, -0.25) is 4.79 Å². The number of nitrogens with zero attached hydrogens (tertiary/aromatic N) is 1. The van der Waals surface area contributed by atoms with E-state index >= 15 is 0 Å². The molecule has 0 saturated carbocycles. The molecule has 0 aliphatic heterocycles. The van der Waals surface area contributed by atoms with Crippen molar-refractivity contribution in [1.29, 1.82) is 0 Å². The molecule has 0 heterocycles. The van der Waals surface area contributed by atoms with Crippen molar-refractivity contribution in [3.05, 3.63) is 60.2 Å². The van der Waals surface area contributed by atoms with Gasteiger partial charge < -0.3 is 20.9 Å². The summed E-state index contributed by atoms with van der Waals surface area (Å²) in [6.45, 7) is 0.342. The van der Waals surface area contributed by atoms with Crippen LogP contribution in [-0.4, -0.2) is 32.6 Å². The van der Waals surface area contributed by atoms with E-state index < -0.39 is 0 Å². The van der Waals surface area contributed by atoms with Gasteiger partial charge in [-0.05, 0) is 29.8 Å². The van der Waals surface area contributed by atoms with E-state index in [4.69, 9.17) is 0 Å². The molecular formula is C18H22N4O2. The number of carbonyl (C=O) groups is 2. The number of amides is 3. The van der Waals surface area contributed by atoms with Crippen LogP contribution >= 0.6 is 0 Å². The van der Waals surface area contributed by atoms with E-state index in [2.05, 4.69) is 16.0 Å². The summed E-state index contributed by atoms with van der Waals surface area (Å²) in [4.78, 5) is 25.4. The molecule has 2 rings (SSSR count). The maximum atomic E-state index is 12.1. The molecular weight excluding hydrogens is 304 g/mol. The molecule has 0 aliphatic rings. The first kappa shape index (κ1) is 17.3. The number of anilines is 2. The van der Waals surface area contributed by atoms with Gasteiger partial charge in [0, 0.05) is 32.0 Å². The van der Waals surface area contributed by atoms with Gasteiger partial charge in [-0.1, -0.05) is 30.3 Å². The lowest BCUT2D eigenvalue weighted by molar-refractivity contribution is -0.117. The van der Waals surface area contributed by atoms with Crippen LogP contribution in [-0.2, 0) is 11.3 Å². The van der Waals surface area contributed by atoms with E-state index in [1.54, 1.807) is 7.05 Å². The van der Waals surface area contributed by atoms with Crippen molar-refractivity contribution >= 4 is 23.3 Å². The molecule has 24 heavy (non-hydrogen) atoms. The lowest BCUT2D eigenvalue weighted by Crippen LogP contribution is -2.42. The fourth-order valence-electron chi connectivity index (χ4n) is 2.10. The molecule has 0 bridgehead atoms. The molecule has 0 unspecified atom stereocenters. The van der Waals surface area contributed by atoms with Crippen LogP contribution in [0.1, 0.15) is 5.56 Å². The molecule has 0 radical (unpaired) electrons. The summed E-state index contributed by atoms with van der Waals surface area (Å²) < 4.78 is 0. The molecule has 2 aromatic carbocycles. The maximum absolute atomic E-state index is 12.1. The Morgan fingerprint density at radius 3 is 2.25 bits per heavy atom. The predicted molar refractivity (Wildman–Crippen MR) is 96.1 cm³/mol. The predicted octanol–water partition coefficient (Wildman–Crippen LogP) is 2.19. The van der Waals surface area contributed by atoms with Gasteiger partial charge in [0.25, 0.3) is 0 Å². The number of likely N-dealkylation sites (N-methyl/N-ethyl adjacent to an activating group) is 1. The lowest BCUT2D eigenvalue weighted by Gasteiger charge is -2.17. The quantitative estimate of drug-likeness (QED) is 0.762. The van der Waals surface area contributed by atoms with E-state index in [1.165, 1.54) is 4.90 Å². The first-order valence-electron chi connectivity index (χ1n) is 7.70. The van der Waals surface area contributed by atoms with Gasteiger partial charge in [0.05, 0.1) is 6.54 Å². The average Bonchev–Trinajstić information content (AvgIpc) is 2.64. The molecule has 0 saturated heterocycles. The molecule has 0 atom stereocenters. The van der Waals surface area contributed by atoms with Crippen molar-refractivity contribution < 1.29 is 9.59 Å². The Kier molecular flexibility index (Phi) is 6.19. The summed E-state index contributed by atoms with van der Waals surface area (Å²) in [5.41, 5.74) is 2.78. The molecule has 2 aromatic rings. The number of nitrogens with one attached hydrogen (secondary N) is 3. The van der Waals surface area contributed by atoms with Crippen LogP contribution < -0.4 is 20.9 Å². The highest BCUT2D eigenvalue weighted by Gasteiger charge is 2.11. The SMILES string of the molecule is CNc1ccc(CNC(=O)NCC(=O)N(C)c2ccccc2)cc1. The third-order valence-corrected chi connectivity index (χ3v) is 3.61. The molecule has 0 aromatic heterocycles. The summed E-state index contributed by atoms with van der Waals surface area (Å²) in [7, 11) is 3.53. The van der Waals surface area contributed by atoms with Gasteiger partial charge in [0.1, 0.15) is 0 Å². The van der Waals surface area contributed by atoms with E-state index in [0.717, 1.165) is 16.9 Å². The highest BCUT2D eigenvalue weighted by molar-refractivity contribution is 5.96. The molecule has 126 valence electrons. The zero-order valence-corrected chi connectivity index (χ0v) is 13.9. The van der Waals surface area contributed by atoms with Crippen molar-refractivity contribution in [2.45, 2.75) is 6.54 Å². The highest BCUT2D eigenvalue weighted by Crippen LogP contribution is 2.10.